The number of rotatable bonds is 7. The molecule has 0 aliphatic carbocycles. The Balaban J connectivity index is 3.34. The molecule has 0 heterocycles. The minimum Gasteiger partial charge on any atom is -0.391 e. The molecule has 0 aromatic carbocycles. The van der Waals surface area contributed by atoms with Crippen molar-refractivity contribution in [1.82, 2.24) is 0 Å². The van der Waals surface area contributed by atoms with Crippen molar-refractivity contribution in [3.05, 3.63) is 0 Å². The molecular weight excluding hydrogens is 140 g/mol. The minimum absolute atomic E-state index is 0.292. The number of quaternary nitrogens is 1. The van der Waals surface area contributed by atoms with Crippen LogP contribution < -0.4 is 10.6 Å². The SMILES string of the molecule is CCC[NH+](CCO)CCCN. The molecule has 3 nitrogen and oxygen atoms in total. The Hall–Kier alpha value is -0.120. The van der Waals surface area contributed by atoms with Gasteiger partial charge in [0.1, 0.15) is 6.54 Å². The molecule has 11 heavy (non-hydrogen) atoms. The molecule has 0 aliphatic heterocycles. The van der Waals surface area contributed by atoms with Gasteiger partial charge >= 0.3 is 0 Å². The maximum absolute atomic E-state index is 8.71. The topological polar surface area (TPSA) is 50.7 Å². The lowest BCUT2D eigenvalue weighted by Crippen LogP contribution is -3.12. The van der Waals surface area contributed by atoms with Crippen LogP contribution in [0.4, 0.5) is 0 Å². The van der Waals surface area contributed by atoms with Gasteiger partial charge in [-0.2, -0.15) is 0 Å². The number of nitrogens with two attached hydrogens (primary N) is 1. The van der Waals surface area contributed by atoms with E-state index in [1.807, 2.05) is 0 Å². The first-order valence-corrected chi connectivity index (χ1v) is 4.49. The first-order valence-electron chi connectivity index (χ1n) is 4.49. The molecule has 0 aromatic heterocycles. The summed E-state index contributed by atoms with van der Waals surface area (Å²) >= 11 is 0. The van der Waals surface area contributed by atoms with Crippen LogP contribution in [0, 0.1) is 0 Å². The van der Waals surface area contributed by atoms with Gasteiger partial charge in [-0.3, -0.25) is 0 Å². The van der Waals surface area contributed by atoms with Crippen LogP contribution in [0.2, 0.25) is 0 Å². The summed E-state index contributed by atoms with van der Waals surface area (Å²) < 4.78 is 0. The van der Waals surface area contributed by atoms with Crippen LogP contribution in [0.25, 0.3) is 0 Å². The van der Waals surface area contributed by atoms with E-state index in [9.17, 15) is 0 Å². The van der Waals surface area contributed by atoms with Crippen molar-refractivity contribution in [2.24, 2.45) is 5.73 Å². The zero-order valence-electron chi connectivity index (χ0n) is 7.47. The van der Waals surface area contributed by atoms with Crippen LogP contribution in [-0.4, -0.2) is 37.9 Å². The van der Waals surface area contributed by atoms with Crippen molar-refractivity contribution in [2.45, 2.75) is 19.8 Å². The Labute approximate surface area is 69.2 Å². The average Bonchev–Trinajstić information content (AvgIpc) is 2.01. The van der Waals surface area contributed by atoms with Crippen molar-refractivity contribution in [3.63, 3.8) is 0 Å². The molecule has 1 atom stereocenters. The standard InChI is InChI=1S/C8H20N2O/c1-2-5-10(7-8-11)6-3-4-9/h11H,2-9H2,1H3/p+1. The van der Waals surface area contributed by atoms with Gasteiger partial charge in [0.05, 0.1) is 19.7 Å². The van der Waals surface area contributed by atoms with Gasteiger partial charge in [0.15, 0.2) is 0 Å². The number of hydrogen-bond donors (Lipinski definition) is 3. The van der Waals surface area contributed by atoms with E-state index in [1.165, 1.54) is 11.3 Å². The van der Waals surface area contributed by atoms with Gasteiger partial charge in [-0.25, -0.2) is 0 Å². The van der Waals surface area contributed by atoms with Gasteiger partial charge in [-0.1, -0.05) is 6.92 Å². The van der Waals surface area contributed by atoms with E-state index in [0.717, 1.165) is 32.6 Å². The number of aliphatic hydroxyl groups is 1. The summed E-state index contributed by atoms with van der Waals surface area (Å²) in [7, 11) is 0. The van der Waals surface area contributed by atoms with Gasteiger partial charge < -0.3 is 15.7 Å². The highest BCUT2D eigenvalue weighted by atomic mass is 16.3. The third-order valence-electron chi connectivity index (χ3n) is 1.80. The van der Waals surface area contributed by atoms with Crippen LogP contribution in [0.15, 0.2) is 0 Å². The summed E-state index contributed by atoms with van der Waals surface area (Å²) in [6, 6.07) is 0. The second-order valence-electron chi connectivity index (χ2n) is 2.87. The molecule has 0 fully saturated rings. The monoisotopic (exact) mass is 161 g/mol. The van der Waals surface area contributed by atoms with Gasteiger partial charge in [-0.15, -0.1) is 0 Å². The first kappa shape index (κ1) is 10.9. The fourth-order valence-electron chi connectivity index (χ4n) is 1.24. The van der Waals surface area contributed by atoms with Crippen LogP contribution >= 0.6 is 0 Å². The second kappa shape index (κ2) is 7.98. The van der Waals surface area contributed by atoms with Crippen LogP contribution in [0.5, 0.6) is 0 Å². The molecule has 3 heteroatoms. The highest BCUT2D eigenvalue weighted by molar-refractivity contribution is 4.35. The molecular formula is C8H21N2O+. The molecule has 4 N–H and O–H groups in total. The Bertz CT molecular complexity index is 72.5. The van der Waals surface area contributed by atoms with Gasteiger partial charge in [0.25, 0.3) is 0 Å². The summed E-state index contributed by atoms with van der Waals surface area (Å²) in [6.07, 6.45) is 2.25. The molecule has 0 rings (SSSR count). The van der Waals surface area contributed by atoms with E-state index in [-0.39, 0.29) is 0 Å². The predicted octanol–water partition coefficient (Wildman–Crippen LogP) is -1.38. The first-order chi connectivity index (χ1) is 5.35. The molecule has 0 radical (unpaired) electrons. The van der Waals surface area contributed by atoms with Crippen molar-refractivity contribution in [3.8, 4) is 0 Å². The van der Waals surface area contributed by atoms with E-state index >= 15 is 0 Å². The lowest BCUT2D eigenvalue weighted by molar-refractivity contribution is -0.900. The third kappa shape index (κ3) is 6.28. The lowest BCUT2D eigenvalue weighted by Gasteiger charge is -2.16. The van der Waals surface area contributed by atoms with Crippen LogP contribution in [-0.2, 0) is 0 Å². The second-order valence-corrected chi connectivity index (χ2v) is 2.87. The lowest BCUT2D eigenvalue weighted by atomic mass is 10.3. The fraction of sp³-hybridized carbons (Fsp3) is 1.00. The number of aliphatic hydroxyl groups excluding tert-OH is 1. The van der Waals surface area contributed by atoms with Crippen LogP contribution in [0.1, 0.15) is 19.8 Å². The molecule has 0 saturated carbocycles. The zero-order chi connectivity index (χ0) is 8.53. The van der Waals surface area contributed by atoms with E-state index in [4.69, 9.17) is 10.8 Å². The molecule has 68 valence electrons. The summed E-state index contributed by atoms with van der Waals surface area (Å²) in [4.78, 5) is 1.47. The molecule has 1 unspecified atom stereocenters. The minimum atomic E-state index is 0.292. The van der Waals surface area contributed by atoms with Crippen molar-refractivity contribution < 1.29 is 10.0 Å². The van der Waals surface area contributed by atoms with Crippen molar-refractivity contribution in [2.75, 3.05) is 32.8 Å². The number of hydrogen-bond acceptors (Lipinski definition) is 2. The fourth-order valence-corrected chi connectivity index (χ4v) is 1.24. The van der Waals surface area contributed by atoms with Gasteiger partial charge in [-0.05, 0) is 13.0 Å². The Morgan fingerprint density at radius 3 is 2.45 bits per heavy atom. The van der Waals surface area contributed by atoms with Gasteiger partial charge in [0.2, 0.25) is 0 Å². The molecule has 0 aromatic rings. The van der Waals surface area contributed by atoms with E-state index in [2.05, 4.69) is 6.92 Å². The molecule has 0 spiro atoms. The van der Waals surface area contributed by atoms with E-state index in [0.29, 0.717) is 6.61 Å². The molecule has 0 aliphatic rings. The maximum Gasteiger partial charge on any atom is 0.101 e. The van der Waals surface area contributed by atoms with E-state index < -0.39 is 0 Å². The quantitative estimate of drug-likeness (QED) is 0.431. The Morgan fingerprint density at radius 1 is 1.27 bits per heavy atom. The highest BCUT2D eigenvalue weighted by Crippen LogP contribution is 1.68. The number of nitrogens with one attached hydrogen (secondary N) is 1. The molecule has 0 amide bonds. The summed E-state index contributed by atoms with van der Waals surface area (Å²) in [5, 5.41) is 8.71. The van der Waals surface area contributed by atoms with Crippen molar-refractivity contribution in [1.29, 1.82) is 0 Å². The van der Waals surface area contributed by atoms with E-state index in [1.54, 1.807) is 0 Å². The third-order valence-corrected chi connectivity index (χ3v) is 1.80. The summed E-state index contributed by atoms with van der Waals surface area (Å²) in [5.74, 6) is 0. The predicted molar refractivity (Wildman–Crippen MR) is 46.6 cm³/mol. The Kier molecular flexibility index (Phi) is 7.89. The summed E-state index contributed by atoms with van der Waals surface area (Å²) in [6.45, 7) is 6.34. The smallest absolute Gasteiger partial charge is 0.101 e. The van der Waals surface area contributed by atoms with Gasteiger partial charge in [0, 0.05) is 6.42 Å². The largest absolute Gasteiger partial charge is 0.391 e. The molecule has 0 bridgehead atoms. The average molecular weight is 161 g/mol. The Morgan fingerprint density at radius 2 is 2.00 bits per heavy atom. The maximum atomic E-state index is 8.71. The normalized spacial score (nSPS) is 13.4. The summed E-state index contributed by atoms with van der Waals surface area (Å²) in [5.41, 5.74) is 5.39. The highest BCUT2D eigenvalue weighted by Gasteiger charge is 2.03. The van der Waals surface area contributed by atoms with Crippen molar-refractivity contribution >= 4 is 0 Å². The zero-order valence-corrected chi connectivity index (χ0v) is 7.47. The molecule has 0 saturated heterocycles. The van der Waals surface area contributed by atoms with Crippen LogP contribution in [0.3, 0.4) is 0 Å².